The van der Waals surface area contributed by atoms with Gasteiger partial charge in [0.1, 0.15) is 6.04 Å². The second kappa shape index (κ2) is 7.47. The van der Waals surface area contributed by atoms with Gasteiger partial charge in [-0.1, -0.05) is 55.8 Å². The number of hydrogen-bond donors (Lipinski definition) is 2. The van der Waals surface area contributed by atoms with E-state index >= 15 is 0 Å². The minimum atomic E-state index is -0.821. The molecular formula is C18H21NO2S. The zero-order chi connectivity index (χ0) is 16.1. The first kappa shape index (κ1) is 16.6. The van der Waals surface area contributed by atoms with Crippen molar-refractivity contribution in [1.82, 2.24) is 4.72 Å². The fraction of sp³-hybridized carbons (Fsp3) is 0.278. The summed E-state index contributed by atoms with van der Waals surface area (Å²) in [5, 5.41) is 9.16. The van der Waals surface area contributed by atoms with Crippen LogP contribution in [-0.2, 0) is 4.79 Å². The minimum Gasteiger partial charge on any atom is -0.480 e. The second-order valence-electron chi connectivity index (χ2n) is 5.67. The molecule has 22 heavy (non-hydrogen) atoms. The molecule has 4 heteroatoms. The fourth-order valence-electron chi connectivity index (χ4n) is 2.06. The Balaban J connectivity index is 2.03. The fourth-order valence-corrected chi connectivity index (χ4v) is 2.97. The van der Waals surface area contributed by atoms with E-state index in [0.29, 0.717) is 0 Å². The van der Waals surface area contributed by atoms with Crippen molar-refractivity contribution in [3.8, 4) is 11.1 Å². The number of aliphatic carboxylic acids is 1. The molecule has 0 aliphatic rings. The first-order chi connectivity index (χ1) is 10.5. The zero-order valence-corrected chi connectivity index (χ0v) is 13.9. The summed E-state index contributed by atoms with van der Waals surface area (Å²) < 4.78 is 3.02. The van der Waals surface area contributed by atoms with E-state index in [4.69, 9.17) is 5.11 Å². The van der Waals surface area contributed by atoms with Crippen molar-refractivity contribution in [3.63, 3.8) is 0 Å². The van der Waals surface area contributed by atoms with Crippen LogP contribution in [-0.4, -0.2) is 17.1 Å². The Morgan fingerprint density at radius 1 is 1.00 bits per heavy atom. The van der Waals surface area contributed by atoms with Crippen LogP contribution in [0.25, 0.3) is 11.1 Å². The summed E-state index contributed by atoms with van der Waals surface area (Å²) in [4.78, 5) is 12.2. The topological polar surface area (TPSA) is 49.3 Å². The Morgan fingerprint density at radius 3 is 1.95 bits per heavy atom. The van der Waals surface area contributed by atoms with Gasteiger partial charge in [-0.3, -0.25) is 4.79 Å². The van der Waals surface area contributed by atoms with Crippen molar-refractivity contribution in [1.29, 1.82) is 0 Å². The largest absolute Gasteiger partial charge is 0.480 e. The van der Waals surface area contributed by atoms with Crippen LogP contribution in [0.4, 0.5) is 0 Å². The molecule has 0 fully saturated rings. The van der Waals surface area contributed by atoms with Crippen LogP contribution in [0.2, 0.25) is 0 Å². The smallest absolute Gasteiger partial charge is 0.321 e. The van der Waals surface area contributed by atoms with E-state index in [2.05, 4.69) is 48.0 Å². The molecule has 1 unspecified atom stereocenters. The molecular weight excluding hydrogens is 294 g/mol. The average molecular weight is 315 g/mol. The van der Waals surface area contributed by atoms with E-state index in [-0.39, 0.29) is 5.92 Å². The lowest BCUT2D eigenvalue weighted by atomic mass is 10.0. The van der Waals surface area contributed by atoms with Crippen molar-refractivity contribution in [3.05, 3.63) is 54.1 Å². The molecule has 0 aromatic heterocycles. The van der Waals surface area contributed by atoms with Gasteiger partial charge in [0.15, 0.2) is 0 Å². The quantitative estimate of drug-likeness (QED) is 0.777. The molecule has 2 N–H and O–H groups in total. The van der Waals surface area contributed by atoms with E-state index in [1.165, 1.54) is 23.1 Å². The van der Waals surface area contributed by atoms with E-state index in [1.807, 2.05) is 26.0 Å². The van der Waals surface area contributed by atoms with Crippen LogP contribution < -0.4 is 4.72 Å². The maximum Gasteiger partial charge on any atom is 0.321 e. The summed E-state index contributed by atoms with van der Waals surface area (Å²) in [6.45, 7) is 5.86. The molecule has 0 saturated carbocycles. The van der Waals surface area contributed by atoms with E-state index in [1.54, 1.807) is 0 Å². The standard InChI is InChI=1S/C18H21NO2S/c1-12(2)17(18(20)21)19-22-16-10-8-15(9-11-16)14-6-4-13(3)5-7-14/h4-12,17,19H,1-3H3,(H,20,21). The third-order valence-electron chi connectivity index (χ3n) is 3.48. The minimum absolute atomic E-state index is 0.0387. The molecule has 0 radical (unpaired) electrons. The molecule has 1 atom stereocenters. The van der Waals surface area contributed by atoms with Crippen LogP contribution in [0.15, 0.2) is 53.4 Å². The third-order valence-corrected chi connectivity index (χ3v) is 4.36. The maximum atomic E-state index is 11.2. The van der Waals surface area contributed by atoms with Crippen LogP contribution >= 0.6 is 11.9 Å². The summed E-state index contributed by atoms with van der Waals surface area (Å²) in [5.41, 5.74) is 3.58. The van der Waals surface area contributed by atoms with E-state index in [9.17, 15) is 4.79 Å². The van der Waals surface area contributed by atoms with Gasteiger partial charge < -0.3 is 5.11 Å². The first-order valence-electron chi connectivity index (χ1n) is 7.29. The molecule has 0 heterocycles. The van der Waals surface area contributed by atoms with Gasteiger partial charge in [0, 0.05) is 4.90 Å². The second-order valence-corrected chi connectivity index (χ2v) is 6.58. The molecule has 0 aliphatic heterocycles. The molecule has 0 saturated heterocycles. The molecule has 0 aliphatic carbocycles. The Kier molecular flexibility index (Phi) is 5.63. The van der Waals surface area contributed by atoms with Gasteiger partial charge in [0.05, 0.1) is 0 Å². The predicted molar refractivity (Wildman–Crippen MR) is 91.9 cm³/mol. The van der Waals surface area contributed by atoms with Crippen molar-refractivity contribution in [2.24, 2.45) is 5.92 Å². The molecule has 2 aromatic rings. The Labute approximate surface area is 135 Å². The molecule has 2 aromatic carbocycles. The Hall–Kier alpha value is -1.78. The molecule has 3 nitrogen and oxygen atoms in total. The third kappa shape index (κ3) is 4.36. The summed E-state index contributed by atoms with van der Waals surface area (Å²) >= 11 is 1.36. The van der Waals surface area contributed by atoms with E-state index < -0.39 is 12.0 Å². The van der Waals surface area contributed by atoms with Crippen LogP contribution in [0.3, 0.4) is 0 Å². The number of aryl methyl sites for hydroxylation is 1. The SMILES string of the molecule is Cc1ccc(-c2ccc(SNC(C(=O)O)C(C)C)cc2)cc1. The van der Waals surface area contributed by atoms with E-state index in [0.717, 1.165) is 10.5 Å². The Morgan fingerprint density at radius 2 is 1.50 bits per heavy atom. The lowest BCUT2D eigenvalue weighted by molar-refractivity contribution is -0.139. The summed E-state index contributed by atoms with van der Waals surface area (Å²) in [7, 11) is 0. The summed E-state index contributed by atoms with van der Waals surface area (Å²) in [5.74, 6) is -0.782. The number of carbonyl (C=O) groups is 1. The Bertz CT molecular complexity index is 621. The average Bonchev–Trinajstić information content (AvgIpc) is 2.48. The normalized spacial score (nSPS) is 12.4. The van der Waals surface area contributed by atoms with Crippen molar-refractivity contribution in [2.75, 3.05) is 0 Å². The number of nitrogens with one attached hydrogen (secondary N) is 1. The predicted octanol–water partition coefficient (Wildman–Crippen LogP) is 4.37. The molecule has 116 valence electrons. The highest BCUT2D eigenvalue weighted by Crippen LogP contribution is 2.24. The zero-order valence-electron chi connectivity index (χ0n) is 13.0. The highest BCUT2D eigenvalue weighted by Gasteiger charge is 2.20. The van der Waals surface area contributed by atoms with Gasteiger partial charge >= 0.3 is 5.97 Å². The van der Waals surface area contributed by atoms with Crippen LogP contribution in [0.1, 0.15) is 19.4 Å². The number of carboxylic acids is 1. The molecule has 0 bridgehead atoms. The number of carboxylic acid groups (broad SMARTS) is 1. The summed E-state index contributed by atoms with van der Waals surface area (Å²) in [6.07, 6.45) is 0. The van der Waals surface area contributed by atoms with Gasteiger partial charge in [0.25, 0.3) is 0 Å². The van der Waals surface area contributed by atoms with Crippen LogP contribution in [0.5, 0.6) is 0 Å². The summed E-state index contributed by atoms with van der Waals surface area (Å²) in [6, 6.07) is 16.0. The van der Waals surface area contributed by atoms with Gasteiger partial charge in [-0.2, -0.15) is 0 Å². The van der Waals surface area contributed by atoms with Crippen molar-refractivity contribution in [2.45, 2.75) is 31.7 Å². The highest BCUT2D eigenvalue weighted by molar-refractivity contribution is 7.97. The molecule has 0 spiro atoms. The lowest BCUT2D eigenvalue weighted by Crippen LogP contribution is -2.36. The monoisotopic (exact) mass is 315 g/mol. The highest BCUT2D eigenvalue weighted by atomic mass is 32.2. The molecule has 0 amide bonds. The van der Waals surface area contributed by atoms with Gasteiger partial charge in [0.2, 0.25) is 0 Å². The first-order valence-corrected chi connectivity index (χ1v) is 8.11. The number of hydrogen-bond acceptors (Lipinski definition) is 3. The van der Waals surface area contributed by atoms with Gasteiger partial charge in [-0.05, 0) is 48.0 Å². The van der Waals surface area contributed by atoms with Gasteiger partial charge in [-0.25, -0.2) is 4.72 Å². The molecule has 2 rings (SSSR count). The maximum absolute atomic E-state index is 11.2. The van der Waals surface area contributed by atoms with Crippen molar-refractivity contribution < 1.29 is 9.90 Å². The number of rotatable bonds is 6. The lowest BCUT2D eigenvalue weighted by Gasteiger charge is -2.17. The number of benzene rings is 2. The van der Waals surface area contributed by atoms with Crippen molar-refractivity contribution >= 4 is 17.9 Å². The van der Waals surface area contributed by atoms with Crippen LogP contribution in [0, 0.1) is 12.8 Å². The van der Waals surface area contributed by atoms with Gasteiger partial charge in [-0.15, -0.1) is 0 Å².